The molecule has 0 saturated carbocycles. The Hall–Kier alpha value is 1.79. The SMILES string of the molecule is SCCC(Br)(Br)Br. The highest BCUT2D eigenvalue weighted by atomic mass is 80.0. The highest BCUT2D eigenvalue weighted by Gasteiger charge is 2.14. The van der Waals surface area contributed by atoms with E-state index in [-0.39, 0.29) is 2.14 Å². The maximum atomic E-state index is 4.02. The second-order valence-electron chi connectivity index (χ2n) is 1.09. The maximum absolute atomic E-state index is 4.02. The van der Waals surface area contributed by atoms with Gasteiger partial charge in [-0.1, -0.05) is 47.8 Å². The van der Waals surface area contributed by atoms with Gasteiger partial charge in [0.05, 0.1) is 0 Å². The van der Waals surface area contributed by atoms with Crippen LogP contribution in [0.2, 0.25) is 0 Å². The molecular weight excluding hydrogens is 308 g/mol. The van der Waals surface area contributed by atoms with Gasteiger partial charge in [-0.25, -0.2) is 0 Å². The lowest BCUT2D eigenvalue weighted by atomic mass is 10.6. The third-order valence-corrected chi connectivity index (χ3v) is 1.81. The number of hydrogen-bond donors (Lipinski definition) is 1. The molecule has 0 aliphatic rings. The number of thiol groups is 1. The average molecular weight is 313 g/mol. The van der Waals surface area contributed by atoms with Crippen LogP contribution >= 0.6 is 60.4 Å². The second kappa shape index (κ2) is 3.75. The monoisotopic (exact) mass is 310 g/mol. The van der Waals surface area contributed by atoms with E-state index in [0.717, 1.165) is 12.2 Å². The first kappa shape index (κ1) is 8.79. The van der Waals surface area contributed by atoms with Gasteiger partial charge in [0.15, 0.2) is 0 Å². The van der Waals surface area contributed by atoms with Crippen molar-refractivity contribution in [3.05, 3.63) is 0 Å². The van der Waals surface area contributed by atoms with E-state index in [9.17, 15) is 0 Å². The molecule has 0 atom stereocenters. The average Bonchev–Trinajstić information content (AvgIpc) is 1.30. The third-order valence-electron chi connectivity index (χ3n) is 0.395. The number of rotatable bonds is 1. The molecule has 0 rings (SSSR count). The zero-order valence-electron chi connectivity index (χ0n) is 3.50. The van der Waals surface area contributed by atoms with E-state index in [1.165, 1.54) is 0 Å². The summed E-state index contributed by atoms with van der Waals surface area (Å²) < 4.78 is -0.0885. The molecule has 0 spiro atoms. The van der Waals surface area contributed by atoms with Crippen molar-refractivity contribution in [3.63, 3.8) is 0 Å². The van der Waals surface area contributed by atoms with Gasteiger partial charge >= 0.3 is 0 Å². The Bertz CT molecular complexity index is 48.6. The van der Waals surface area contributed by atoms with Crippen LogP contribution in [0.5, 0.6) is 0 Å². The smallest absolute Gasteiger partial charge is 0.135 e. The molecule has 0 nitrogen and oxygen atoms in total. The summed E-state index contributed by atoms with van der Waals surface area (Å²) in [5.74, 6) is 0.863. The summed E-state index contributed by atoms with van der Waals surface area (Å²) in [5, 5.41) is 0. The standard InChI is InChI=1S/C3H5Br3S/c4-3(5,6)1-2-7/h7H,1-2H2. The van der Waals surface area contributed by atoms with E-state index in [1.807, 2.05) is 0 Å². The van der Waals surface area contributed by atoms with Crippen molar-refractivity contribution in [1.82, 2.24) is 0 Å². The molecule has 0 unspecified atom stereocenters. The Morgan fingerprint density at radius 3 is 1.71 bits per heavy atom. The van der Waals surface area contributed by atoms with Crippen LogP contribution in [0, 0.1) is 0 Å². The summed E-state index contributed by atoms with van der Waals surface area (Å²) in [5.41, 5.74) is 0. The van der Waals surface area contributed by atoms with Gasteiger partial charge in [0.25, 0.3) is 0 Å². The van der Waals surface area contributed by atoms with Crippen molar-refractivity contribution in [2.24, 2.45) is 0 Å². The topological polar surface area (TPSA) is 0 Å². The molecule has 0 fully saturated rings. The summed E-state index contributed by atoms with van der Waals surface area (Å²) in [6.07, 6.45) is 0.954. The Kier molecular flexibility index (Phi) is 4.71. The lowest BCUT2D eigenvalue weighted by Crippen LogP contribution is -1.98. The molecule has 44 valence electrons. The predicted octanol–water partition coefficient (Wildman–Crippen LogP) is 3.14. The number of alkyl halides is 3. The molecule has 0 aliphatic carbocycles. The normalized spacial score (nSPS) is 12.0. The highest BCUT2D eigenvalue weighted by molar-refractivity contribution is 9.39. The van der Waals surface area contributed by atoms with Gasteiger partial charge in [0.2, 0.25) is 0 Å². The van der Waals surface area contributed by atoms with Crippen molar-refractivity contribution in [2.45, 2.75) is 8.56 Å². The van der Waals surface area contributed by atoms with Crippen LogP contribution < -0.4 is 0 Å². The first-order chi connectivity index (χ1) is 3.06. The quantitative estimate of drug-likeness (QED) is 0.558. The fourth-order valence-corrected chi connectivity index (χ4v) is 1.98. The molecule has 0 bridgehead atoms. The molecule has 0 aromatic rings. The van der Waals surface area contributed by atoms with Gasteiger partial charge in [0.1, 0.15) is 2.14 Å². The Balaban J connectivity index is 3.15. The number of hydrogen-bond acceptors (Lipinski definition) is 1. The predicted molar refractivity (Wildman–Crippen MR) is 48.0 cm³/mol. The highest BCUT2D eigenvalue weighted by Crippen LogP contribution is 2.36. The summed E-state index contributed by atoms with van der Waals surface area (Å²) in [7, 11) is 0. The Morgan fingerprint density at radius 1 is 1.29 bits per heavy atom. The third kappa shape index (κ3) is 7.79. The zero-order chi connectivity index (χ0) is 5.91. The van der Waals surface area contributed by atoms with Crippen LogP contribution in [0.25, 0.3) is 0 Å². The van der Waals surface area contributed by atoms with Crippen LogP contribution in [0.15, 0.2) is 0 Å². The van der Waals surface area contributed by atoms with E-state index in [0.29, 0.717) is 0 Å². The number of halogens is 3. The molecule has 0 heterocycles. The van der Waals surface area contributed by atoms with Gasteiger partial charge in [-0.05, 0) is 12.2 Å². The van der Waals surface area contributed by atoms with Gasteiger partial charge in [-0.3, -0.25) is 0 Å². The van der Waals surface area contributed by atoms with E-state index in [2.05, 4.69) is 60.4 Å². The van der Waals surface area contributed by atoms with Crippen LogP contribution in [0.1, 0.15) is 6.42 Å². The van der Waals surface area contributed by atoms with E-state index in [4.69, 9.17) is 0 Å². The molecule has 0 aromatic heterocycles. The minimum Gasteiger partial charge on any atom is -0.179 e. The first-order valence-corrected chi connectivity index (χ1v) is 4.75. The molecule has 0 aliphatic heterocycles. The van der Waals surface area contributed by atoms with Gasteiger partial charge < -0.3 is 0 Å². The second-order valence-corrected chi connectivity index (χ2v) is 8.79. The fraction of sp³-hybridized carbons (Fsp3) is 1.00. The molecule has 4 heteroatoms. The molecule has 0 saturated heterocycles. The maximum Gasteiger partial charge on any atom is 0.135 e. The van der Waals surface area contributed by atoms with E-state index in [1.54, 1.807) is 0 Å². The summed E-state index contributed by atoms with van der Waals surface area (Å²) in [4.78, 5) is 0. The first-order valence-electron chi connectivity index (χ1n) is 1.74. The van der Waals surface area contributed by atoms with Crippen molar-refractivity contribution in [2.75, 3.05) is 5.75 Å². The van der Waals surface area contributed by atoms with Crippen molar-refractivity contribution < 1.29 is 0 Å². The van der Waals surface area contributed by atoms with Gasteiger partial charge in [0, 0.05) is 0 Å². The van der Waals surface area contributed by atoms with Crippen LogP contribution in [0.4, 0.5) is 0 Å². The minimum atomic E-state index is -0.0885. The van der Waals surface area contributed by atoms with Gasteiger partial charge in [-0.15, -0.1) is 0 Å². The van der Waals surface area contributed by atoms with Crippen molar-refractivity contribution in [1.29, 1.82) is 0 Å². The molecule has 0 amide bonds. The van der Waals surface area contributed by atoms with E-state index < -0.39 is 0 Å². The van der Waals surface area contributed by atoms with Crippen LogP contribution in [-0.4, -0.2) is 7.90 Å². The Morgan fingerprint density at radius 2 is 1.71 bits per heavy atom. The van der Waals surface area contributed by atoms with Crippen LogP contribution in [0.3, 0.4) is 0 Å². The molecule has 0 N–H and O–H groups in total. The molecule has 0 aromatic carbocycles. The van der Waals surface area contributed by atoms with Gasteiger partial charge in [-0.2, -0.15) is 12.6 Å². The molecule has 7 heavy (non-hydrogen) atoms. The lowest BCUT2D eigenvalue weighted by Gasteiger charge is -2.07. The van der Waals surface area contributed by atoms with E-state index >= 15 is 0 Å². The van der Waals surface area contributed by atoms with Crippen molar-refractivity contribution >= 4 is 60.4 Å². The van der Waals surface area contributed by atoms with Crippen molar-refractivity contribution in [3.8, 4) is 0 Å². The fourth-order valence-electron chi connectivity index (χ4n) is 0.127. The van der Waals surface area contributed by atoms with Crippen LogP contribution in [-0.2, 0) is 0 Å². The zero-order valence-corrected chi connectivity index (χ0v) is 9.15. The lowest BCUT2D eigenvalue weighted by molar-refractivity contribution is 1.07. The summed E-state index contributed by atoms with van der Waals surface area (Å²) in [6.45, 7) is 0. The summed E-state index contributed by atoms with van der Waals surface area (Å²) >= 11 is 14.0. The molecular formula is C3H5Br3S. The summed E-state index contributed by atoms with van der Waals surface area (Å²) in [6, 6.07) is 0. The Labute approximate surface area is 74.2 Å². The minimum absolute atomic E-state index is 0.0885. The largest absolute Gasteiger partial charge is 0.179 e. The molecule has 0 radical (unpaired) electrons.